The number of alkyl halides is 3. The number of aliphatic hydroxyl groups is 1. The minimum atomic E-state index is -4.46. The van der Waals surface area contributed by atoms with E-state index in [9.17, 15) is 18.3 Å². The molecule has 1 aliphatic rings. The van der Waals surface area contributed by atoms with Gasteiger partial charge in [0.05, 0.1) is 5.56 Å². The molecule has 0 spiro atoms. The van der Waals surface area contributed by atoms with Crippen molar-refractivity contribution >= 4 is 0 Å². The normalized spacial score (nSPS) is 18.9. The Labute approximate surface area is 112 Å². The van der Waals surface area contributed by atoms with Gasteiger partial charge in [-0.15, -0.1) is 0 Å². The summed E-state index contributed by atoms with van der Waals surface area (Å²) in [6, 6.07) is 5.19. The first kappa shape index (κ1) is 13.1. The molecule has 1 aromatic heterocycles. The van der Waals surface area contributed by atoms with E-state index < -0.39 is 17.8 Å². The van der Waals surface area contributed by atoms with Crippen molar-refractivity contribution in [1.29, 1.82) is 0 Å². The minimum Gasteiger partial charge on any atom is -0.385 e. The molecule has 0 saturated carbocycles. The van der Waals surface area contributed by atoms with Crippen LogP contribution in [0.3, 0.4) is 0 Å². The van der Waals surface area contributed by atoms with E-state index in [4.69, 9.17) is 0 Å². The number of nitrogens with zero attached hydrogens (tertiary/aromatic N) is 3. The van der Waals surface area contributed by atoms with Gasteiger partial charge < -0.3 is 5.11 Å². The Morgan fingerprint density at radius 3 is 2.70 bits per heavy atom. The zero-order valence-electron chi connectivity index (χ0n) is 10.4. The SMILES string of the molecule is OC1CCCn2nc(-c3ccccc3C(F)(F)F)nc21. The molecule has 0 amide bonds. The molecule has 2 heterocycles. The molecule has 4 nitrogen and oxygen atoms in total. The van der Waals surface area contributed by atoms with E-state index in [-0.39, 0.29) is 11.4 Å². The highest BCUT2D eigenvalue weighted by molar-refractivity contribution is 5.61. The second-order valence-corrected chi connectivity index (χ2v) is 4.72. The van der Waals surface area contributed by atoms with E-state index in [1.54, 1.807) is 0 Å². The van der Waals surface area contributed by atoms with Gasteiger partial charge in [-0.1, -0.05) is 18.2 Å². The highest BCUT2D eigenvalue weighted by atomic mass is 19.4. The van der Waals surface area contributed by atoms with Crippen molar-refractivity contribution in [3.05, 3.63) is 35.7 Å². The van der Waals surface area contributed by atoms with Crippen LogP contribution in [-0.4, -0.2) is 19.9 Å². The minimum absolute atomic E-state index is 0.00822. The van der Waals surface area contributed by atoms with Crippen LogP contribution in [0.25, 0.3) is 11.4 Å². The molecular formula is C13H12F3N3O. The molecule has 0 radical (unpaired) electrons. The Bertz CT molecular complexity index is 636. The lowest BCUT2D eigenvalue weighted by atomic mass is 10.1. The summed E-state index contributed by atoms with van der Waals surface area (Å²) < 4.78 is 40.4. The molecule has 20 heavy (non-hydrogen) atoms. The largest absolute Gasteiger partial charge is 0.417 e. The van der Waals surface area contributed by atoms with Gasteiger partial charge in [-0.05, 0) is 18.9 Å². The number of hydrogen-bond donors (Lipinski definition) is 1. The summed E-state index contributed by atoms with van der Waals surface area (Å²) in [4.78, 5) is 4.08. The number of aryl methyl sites for hydroxylation is 1. The quantitative estimate of drug-likeness (QED) is 0.875. The van der Waals surface area contributed by atoms with Crippen molar-refractivity contribution in [2.24, 2.45) is 0 Å². The molecule has 2 aromatic rings. The maximum absolute atomic E-state index is 13.0. The molecule has 1 atom stereocenters. The molecule has 1 aliphatic heterocycles. The molecule has 0 saturated heterocycles. The molecule has 0 fully saturated rings. The van der Waals surface area contributed by atoms with E-state index in [0.717, 1.165) is 12.5 Å². The molecule has 0 bridgehead atoms. The fourth-order valence-electron chi connectivity index (χ4n) is 2.37. The third-order valence-corrected chi connectivity index (χ3v) is 3.32. The number of aliphatic hydroxyl groups excluding tert-OH is 1. The molecule has 1 N–H and O–H groups in total. The molecule has 3 rings (SSSR count). The maximum Gasteiger partial charge on any atom is 0.417 e. The molecular weight excluding hydrogens is 271 g/mol. The van der Waals surface area contributed by atoms with Crippen molar-refractivity contribution in [1.82, 2.24) is 14.8 Å². The number of rotatable bonds is 1. The van der Waals surface area contributed by atoms with Crippen LogP contribution in [0, 0.1) is 0 Å². The Morgan fingerprint density at radius 2 is 2.00 bits per heavy atom. The number of aromatic nitrogens is 3. The van der Waals surface area contributed by atoms with Gasteiger partial charge in [0.25, 0.3) is 0 Å². The van der Waals surface area contributed by atoms with Gasteiger partial charge in [-0.25, -0.2) is 9.67 Å². The van der Waals surface area contributed by atoms with Crippen LogP contribution >= 0.6 is 0 Å². The summed E-state index contributed by atoms with van der Waals surface area (Å²) in [6.45, 7) is 0.563. The van der Waals surface area contributed by atoms with Crippen LogP contribution in [0.15, 0.2) is 24.3 Å². The van der Waals surface area contributed by atoms with Gasteiger partial charge >= 0.3 is 6.18 Å². The van der Waals surface area contributed by atoms with Crippen LogP contribution in [0.4, 0.5) is 13.2 Å². The van der Waals surface area contributed by atoms with Crippen molar-refractivity contribution in [2.75, 3.05) is 0 Å². The van der Waals surface area contributed by atoms with Crippen molar-refractivity contribution in [3.8, 4) is 11.4 Å². The molecule has 1 aromatic carbocycles. The van der Waals surface area contributed by atoms with Crippen molar-refractivity contribution in [2.45, 2.75) is 31.7 Å². The predicted molar refractivity (Wildman–Crippen MR) is 64.7 cm³/mol. The summed E-state index contributed by atoms with van der Waals surface area (Å²) >= 11 is 0. The number of halogens is 3. The maximum atomic E-state index is 13.0. The van der Waals surface area contributed by atoms with Crippen LogP contribution in [0.2, 0.25) is 0 Å². The number of hydrogen-bond acceptors (Lipinski definition) is 3. The lowest BCUT2D eigenvalue weighted by Crippen LogP contribution is -2.16. The average molecular weight is 283 g/mol. The average Bonchev–Trinajstić information content (AvgIpc) is 2.83. The van der Waals surface area contributed by atoms with Gasteiger partial charge in [0.15, 0.2) is 11.6 Å². The van der Waals surface area contributed by atoms with Gasteiger partial charge in [0.1, 0.15) is 6.10 Å². The third-order valence-electron chi connectivity index (χ3n) is 3.32. The third kappa shape index (κ3) is 2.18. The molecule has 7 heteroatoms. The lowest BCUT2D eigenvalue weighted by molar-refractivity contribution is -0.137. The van der Waals surface area contributed by atoms with E-state index in [2.05, 4.69) is 10.1 Å². The second kappa shape index (κ2) is 4.59. The van der Waals surface area contributed by atoms with E-state index in [1.807, 2.05) is 0 Å². The van der Waals surface area contributed by atoms with E-state index in [0.29, 0.717) is 18.8 Å². The Balaban J connectivity index is 2.11. The molecule has 0 aliphatic carbocycles. The zero-order chi connectivity index (χ0) is 14.3. The van der Waals surface area contributed by atoms with Gasteiger partial charge in [-0.2, -0.15) is 18.3 Å². The topological polar surface area (TPSA) is 50.9 Å². The fourth-order valence-corrected chi connectivity index (χ4v) is 2.37. The van der Waals surface area contributed by atoms with Crippen LogP contribution < -0.4 is 0 Å². The molecule has 1 unspecified atom stereocenters. The van der Waals surface area contributed by atoms with E-state index >= 15 is 0 Å². The second-order valence-electron chi connectivity index (χ2n) is 4.72. The summed E-state index contributed by atoms with van der Waals surface area (Å²) in [7, 11) is 0. The van der Waals surface area contributed by atoms with E-state index in [1.165, 1.54) is 22.9 Å². The summed E-state index contributed by atoms with van der Waals surface area (Å²) in [5.74, 6) is 0.345. The summed E-state index contributed by atoms with van der Waals surface area (Å²) in [5, 5.41) is 13.9. The van der Waals surface area contributed by atoms with Crippen LogP contribution in [-0.2, 0) is 12.7 Å². The highest BCUT2D eigenvalue weighted by Crippen LogP contribution is 2.36. The smallest absolute Gasteiger partial charge is 0.385 e. The first-order chi connectivity index (χ1) is 9.47. The van der Waals surface area contributed by atoms with Gasteiger partial charge in [-0.3, -0.25) is 0 Å². The van der Waals surface area contributed by atoms with Crippen LogP contribution in [0.1, 0.15) is 30.3 Å². The summed E-state index contributed by atoms with van der Waals surface area (Å²) in [5.41, 5.74) is -0.827. The molecule has 106 valence electrons. The van der Waals surface area contributed by atoms with Gasteiger partial charge in [0.2, 0.25) is 0 Å². The summed E-state index contributed by atoms with van der Waals surface area (Å²) in [6.07, 6.45) is -3.93. The monoisotopic (exact) mass is 283 g/mol. The number of benzene rings is 1. The predicted octanol–water partition coefficient (Wildman–Crippen LogP) is 2.79. The number of fused-ring (bicyclic) bond motifs is 1. The highest BCUT2D eigenvalue weighted by Gasteiger charge is 2.35. The Kier molecular flexibility index (Phi) is 3.01. The van der Waals surface area contributed by atoms with Crippen molar-refractivity contribution in [3.63, 3.8) is 0 Å². The van der Waals surface area contributed by atoms with Gasteiger partial charge in [0, 0.05) is 12.1 Å². The van der Waals surface area contributed by atoms with Crippen LogP contribution in [0.5, 0.6) is 0 Å². The van der Waals surface area contributed by atoms with Crippen molar-refractivity contribution < 1.29 is 18.3 Å². The Morgan fingerprint density at radius 1 is 1.25 bits per heavy atom. The standard InChI is InChI=1S/C13H12F3N3O/c14-13(15,16)9-5-2-1-4-8(9)11-17-12-10(20)6-3-7-19(12)18-11/h1-2,4-5,10,20H,3,6-7H2. The fraction of sp³-hybridized carbons (Fsp3) is 0.385. The zero-order valence-corrected chi connectivity index (χ0v) is 10.4. The lowest BCUT2D eigenvalue weighted by Gasteiger charge is -2.16. The first-order valence-electron chi connectivity index (χ1n) is 6.26. The Hall–Kier alpha value is -1.89. The first-order valence-corrected chi connectivity index (χ1v) is 6.26.